The zero-order valence-electron chi connectivity index (χ0n) is 18.7. The Hall–Kier alpha value is -2.97. The van der Waals surface area contributed by atoms with Crippen LogP contribution < -0.4 is 10.2 Å². The Morgan fingerprint density at radius 3 is 2.47 bits per heavy atom. The Morgan fingerprint density at radius 1 is 1.00 bits per heavy atom. The van der Waals surface area contributed by atoms with Gasteiger partial charge in [-0.1, -0.05) is 85.4 Å². The molecular formula is C26H25N3O3S2. The Balaban J connectivity index is 1.35. The number of anilines is 1. The molecule has 1 saturated heterocycles. The number of carbonyl (C=O) groups excluding carboxylic acids is 3. The van der Waals surface area contributed by atoms with Crippen molar-refractivity contribution >= 4 is 57.3 Å². The summed E-state index contributed by atoms with van der Waals surface area (Å²) < 4.78 is 0.516. The van der Waals surface area contributed by atoms with Gasteiger partial charge in [-0.3, -0.25) is 24.2 Å². The van der Waals surface area contributed by atoms with Crippen molar-refractivity contribution in [2.45, 2.75) is 38.1 Å². The number of amides is 3. The minimum atomic E-state index is -0.327. The van der Waals surface area contributed by atoms with Crippen molar-refractivity contribution in [1.29, 1.82) is 0 Å². The second-order valence-electron chi connectivity index (χ2n) is 8.68. The number of thioether (sulfide) groups is 1. The summed E-state index contributed by atoms with van der Waals surface area (Å²) >= 11 is 6.74. The van der Waals surface area contributed by atoms with E-state index in [1.54, 1.807) is 4.90 Å². The normalized spacial score (nSPS) is 20.4. The molecule has 2 aromatic carbocycles. The number of hydrogen-bond donors (Lipinski definition) is 1. The average molecular weight is 492 g/mol. The first kappa shape index (κ1) is 22.8. The van der Waals surface area contributed by atoms with Crippen molar-refractivity contribution in [3.8, 4) is 0 Å². The van der Waals surface area contributed by atoms with Gasteiger partial charge in [0.15, 0.2) is 0 Å². The largest absolute Gasteiger partial charge is 0.354 e. The van der Waals surface area contributed by atoms with Gasteiger partial charge < -0.3 is 5.32 Å². The van der Waals surface area contributed by atoms with E-state index >= 15 is 0 Å². The van der Waals surface area contributed by atoms with Crippen LogP contribution in [0.5, 0.6) is 0 Å². The fourth-order valence-corrected chi connectivity index (χ4v) is 6.33. The predicted octanol–water partition coefficient (Wildman–Crippen LogP) is 3.91. The number of rotatable bonds is 6. The molecule has 0 atom stereocenters. The molecular weight excluding hydrogens is 466 g/mol. The molecule has 3 aliphatic rings. The lowest BCUT2D eigenvalue weighted by Gasteiger charge is -2.22. The lowest BCUT2D eigenvalue weighted by molar-refractivity contribution is -0.123. The van der Waals surface area contributed by atoms with Crippen molar-refractivity contribution in [3.63, 3.8) is 0 Å². The molecule has 3 amide bonds. The van der Waals surface area contributed by atoms with E-state index in [4.69, 9.17) is 12.2 Å². The van der Waals surface area contributed by atoms with E-state index in [1.165, 1.54) is 16.7 Å². The van der Waals surface area contributed by atoms with Gasteiger partial charge in [-0.15, -0.1) is 0 Å². The number of benzene rings is 2. The minimum Gasteiger partial charge on any atom is -0.354 e. The van der Waals surface area contributed by atoms with Crippen LogP contribution >= 0.6 is 24.0 Å². The molecule has 2 fully saturated rings. The topological polar surface area (TPSA) is 69.7 Å². The number of hydrogen-bond acceptors (Lipinski definition) is 5. The summed E-state index contributed by atoms with van der Waals surface area (Å²) in [5, 5.41) is 2.90. The maximum atomic E-state index is 13.5. The van der Waals surface area contributed by atoms with Crippen molar-refractivity contribution in [2.24, 2.45) is 0 Å². The third-order valence-corrected chi connectivity index (χ3v) is 7.92. The molecule has 34 heavy (non-hydrogen) atoms. The molecule has 2 aromatic rings. The van der Waals surface area contributed by atoms with E-state index < -0.39 is 0 Å². The standard InChI is InChI=1S/C26H25N3O3S2/c30-21(27-15-14-17-8-2-1-3-9-17)16-28-20-13-7-6-12-19(20)22(24(28)31)23-25(32)29(26(33)34-23)18-10-4-5-11-18/h1-3,6-9,12-13,18H,4-5,10-11,14-16H2,(H,27,30). The molecule has 174 valence electrons. The van der Waals surface area contributed by atoms with Gasteiger partial charge in [0, 0.05) is 18.2 Å². The molecule has 2 heterocycles. The third kappa shape index (κ3) is 4.28. The average Bonchev–Trinajstić information content (AvgIpc) is 3.53. The molecule has 1 aliphatic carbocycles. The van der Waals surface area contributed by atoms with Crippen LogP contribution in [0.2, 0.25) is 0 Å². The summed E-state index contributed by atoms with van der Waals surface area (Å²) in [6, 6.07) is 17.4. The number of para-hydroxylation sites is 1. The molecule has 1 N–H and O–H groups in total. The van der Waals surface area contributed by atoms with Crippen LogP contribution in [0.15, 0.2) is 59.5 Å². The summed E-state index contributed by atoms with van der Waals surface area (Å²) in [4.78, 5) is 43.1. The number of thiocarbonyl (C=S) groups is 1. The Bertz CT molecular complexity index is 1190. The molecule has 1 saturated carbocycles. The van der Waals surface area contributed by atoms with Gasteiger partial charge in [-0.05, 0) is 30.9 Å². The summed E-state index contributed by atoms with van der Waals surface area (Å²) in [5.74, 6) is -0.751. The van der Waals surface area contributed by atoms with Gasteiger partial charge in [0.25, 0.3) is 11.8 Å². The van der Waals surface area contributed by atoms with Gasteiger partial charge >= 0.3 is 0 Å². The highest BCUT2D eigenvalue weighted by molar-refractivity contribution is 8.26. The van der Waals surface area contributed by atoms with Gasteiger partial charge in [0.2, 0.25) is 5.91 Å². The highest BCUT2D eigenvalue weighted by Crippen LogP contribution is 2.45. The molecule has 8 heteroatoms. The van der Waals surface area contributed by atoms with Crippen LogP contribution in [0.1, 0.15) is 36.8 Å². The first-order chi connectivity index (χ1) is 16.5. The van der Waals surface area contributed by atoms with E-state index in [0.717, 1.165) is 31.2 Å². The maximum absolute atomic E-state index is 13.5. The Kier molecular flexibility index (Phi) is 6.52. The summed E-state index contributed by atoms with van der Waals surface area (Å²) in [6.45, 7) is 0.385. The maximum Gasteiger partial charge on any atom is 0.267 e. The first-order valence-corrected chi connectivity index (χ1v) is 12.8. The van der Waals surface area contributed by atoms with Crippen LogP contribution in [0.25, 0.3) is 5.57 Å². The van der Waals surface area contributed by atoms with Crippen LogP contribution in [0, 0.1) is 0 Å². The Morgan fingerprint density at radius 2 is 1.71 bits per heavy atom. The van der Waals surface area contributed by atoms with Crippen molar-refractivity contribution in [2.75, 3.05) is 18.0 Å². The van der Waals surface area contributed by atoms with Crippen LogP contribution in [0.4, 0.5) is 5.69 Å². The number of fused-ring (bicyclic) bond motifs is 1. The zero-order valence-corrected chi connectivity index (χ0v) is 20.3. The smallest absolute Gasteiger partial charge is 0.267 e. The fraction of sp³-hybridized carbons (Fsp3) is 0.308. The minimum absolute atomic E-state index is 0.100. The van der Waals surface area contributed by atoms with E-state index in [2.05, 4.69) is 5.32 Å². The van der Waals surface area contributed by atoms with Crippen molar-refractivity contribution in [3.05, 3.63) is 70.6 Å². The van der Waals surface area contributed by atoms with Crippen LogP contribution in [-0.2, 0) is 20.8 Å². The molecule has 6 nitrogen and oxygen atoms in total. The molecule has 0 unspecified atom stereocenters. The molecule has 0 radical (unpaired) electrons. The summed E-state index contributed by atoms with van der Waals surface area (Å²) in [7, 11) is 0. The van der Waals surface area contributed by atoms with E-state index in [1.807, 2.05) is 54.6 Å². The highest BCUT2D eigenvalue weighted by Gasteiger charge is 2.44. The lowest BCUT2D eigenvalue weighted by Crippen LogP contribution is -2.40. The van der Waals surface area contributed by atoms with Gasteiger partial charge in [-0.2, -0.15) is 0 Å². The van der Waals surface area contributed by atoms with Gasteiger partial charge in [0.05, 0.1) is 16.2 Å². The lowest BCUT2D eigenvalue weighted by atomic mass is 10.1. The number of carbonyl (C=O) groups is 3. The molecule has 0 aromatic heterocycles. The molecule has 0 spiro atoms. The highest BCUT2D eigenvalue weighted by atomic mass is 32.2. The monoisotopic (exact) mass is 491 g/mol. The second-order valence-corrected chi connectivity index (χ2v) is 10.3. The van der Waals surface area contributed by atoms with E-state index in [0.29, 0.717) is 39.0 Å². The van der Waals surface area contributed by atoms with Gasteiger partial charge in [0.1, 0.15) is 10.9 Å². The number of nitrogens with zero attached hydrogens (tertiary/aromatic N) is 2. The van der Waals surface area contributed by atoms with Crippen LogP contribution in [-0.4, -0.2) is 46.1 Å². The fourth-order valence-electron chi connectivity index (χ4n) is 4.85. The Labute approximate surface area is 208 Å². The number of nitrogens with one attached hydrogen (secondary N) is 1. The second kappa shape index (κ2) is 9.72. The van der Waals surface area contributed by atoms with Crippen LogP contribution in [0.3, 0.4) is 0 Å². The SMILES string of the molecule is O=C(CN1C(=O)C(=C2SC(=S)N(C3CCCC3)C2=O)c2ccccc21)NCCc1ccccc1. The third-order valence-electron chi connectivity index (χ3n) is 6.52. The first-order valence-electron chi connectivity index (χ1n) is 11.6. The molecule has 5 rings (SSSR count). The van der Waals surface area contributed by atoms with Gasteiger partial charge in [-0.25, -0.2) is 0 Å². The van der Waals surface area contributed by atoms with Crippen molar-refractivity contribution < 1.29 is 14.4 Å². The summed E-state index contributed by atoms with van der Waals surface area (Å²) in [5.41, 5.74) is 2.81. The van der Waals surface area contributed by atoms with E-state index in [-0.39, 0.29) is 30.3 Å². The summed E-state index contributed by atoms with van der Waals surface area (Å²) in [6.07, 6.45) is 4.76. The predicted molar refractivity (Wildman–Crippen MR) is 138 cm³/mol. The zero-order chi connectivity index (χ0) is 23.7. The van der Waals surface area contributed by atoms with E-state index in [9.17, 15) is 14.4 Å². The van der Waals surface area contributed by atoms with Crippen molar-refractivity contribution in [1.82, 2.24) is 10.2 Å². The quantitative estimate of drug-likeness (QED) is 0.490. The molecule has 2 aliphatic heterocycles. The molecule has 0 bridgehead atoms.